The molecule has 9 heteroatoms. The third-order valence-electron chi connectivity index (χ3n) is 4.29. The number of nitrogens with one attached hydrogen (secondary N) is 1. The molecule has 0 aliphatic carbocycles. The molecule has 3 rings (SSSR count). The molecule has 1 aromatic heterocycles. The molecule has 0 bridgehead atoms. The maximum atomic E-state index is 14.3. The van der Waals surface area contributed by atoms with Gasteiger partial charge in [-0.05, 0) is 54.1 Å². The minimum absolute atomic E-state index is 0.0135. The third kappa shape index (κ3) is 6.23. The molecule has 0 aliphatic rings. The van der Waals surface area contributed by atoms with Gasteiger partial charge in [-0.25, -0.2) is 14.0 Å². The second kappa shape index (κ2) is 10.7. The second-order valence-electron chi connectivity index (χ2n) is 6.59. The number of hydrogen-bond acceptors (Lipinski definition) is 7. The first-order valence-electron chi connectivity index (χ1n) is 9.58. The van der Waals surface area contributed by atoms with Crippen LogP contribution >= 0.6 is 0 Å². The van der Waals surface area contributed by atoms with Crippen molar-refractivity contribution in [2.75, 3.05) is 19.5 Å². The Balaban J connectivity index is 1.72. The summed E-state index contributed by atoms with van der Waals surface area (Å²) < 4.78 is 29.1. The highest BCUT2D eigenvalue weighted by atomic mass is 19.1. The molecule has 33 heavy (non-hydrogen) atoms. The monoisotopic (exact) mass is 450 g/mol. The molecular weight excluding hydrogens is 431 g/mol. The zero-order chi connectivity index (χ0) is 23.8. The molecule has 0 spiro atoms. The van der Waals surface area contributed by atoms with Crippen molar-refractivity contribution >= 4 is 29.6 Å². The first-order valence-corrected chi connectivity index (χ1v) is 9.58. The van der Waals surface area contributed by atoms with Gasteiger partial charge in [0, 0.05) is 18.0 Å². The summed E-state index contributed by atoms with van der Waals surface area (Å²) >= 11 is 0. The SMILES string of the molecule is COC(=O)c1cc(NC(=O)/C=C/c2ccc(Oc3cccnc3)c(F)c2)cc(C(=O)OC)c1. The molecule has 0 atom stereocenters. The van der Waals surface area contributed by atoms with Crippen LogP contribution in [0.1, 0.15) is 26.3 Å². The average molecular weight is 450 g/mol. The van der Waals surface area contributed by atoms with Crippen molar-refractivity contribution in [1.82, 2.24) is 4.98 Å². The molecule has 1 N–H and O–H groups in total. The largest absolute Gasteiger partial charge is 0.465 e. The molecule has 0 saturated carbocycles. The summed E-state index contributed by atoms with van der Waals surface area (Å²) in [6.07, 6.45) is 5.61. The number of anilines is 1. The van der Waals surface area contributed by atoms with Crippen molar-refractivity contribution in [1.29, 1.82) is 0 Å². The highest BCUT2D eigenvalue weighted by molar-refractivity contribution is 6.04. The van der Waals surface area contributed by atoms with Crippen LogP contribution in [0.5, 0.6) is 11.5 Å². The molecule has 0 radical (unpaired) electrons. The van der Waals surface area contributed by atoms with Crippen molar-refractivity contribution in [3.05, 3.63) is 89.5 Å². The van der Waals surface area contributed by atoms with E-state index in [1.807, 2.05) is 0 Å². The van der Waals surface area contributed by atoms with Crippen molar-refractivity contribution in [2.24, 2.45) is 0 Å². The van der Waals surface area contributed by atoms with Crippen LogP contribution in [0.4, 0.5) is 10.1 Å². The van der Waals surface area contributed by atoms with E-state index in [2.05, 4.69) is 19.8 Å². The Morgan fingerprint density at radius 1 is 0.970 bits per heavy atom. The minimum Gasteiger partial charge on any atom is -0.465 e. The zero-order valence-corrected chi connectivity index (χ0v) is 17.7. The molecule has 3 aromatic rings. The van der Waals surface area contributed by atoms with Crippen LogP contribution in [-0.4, -0.2) is 37.0 Å². The lowest BCUT2D eigenvalue weighted by Crippen LogP contribution is -2.12. The highest BCUT2D eigenvalue weighted by Gasteiger charge is 2.14. The number of esters is 2. The van der Waals surface area contributed by atoms with Gasteiger partial charge >= 0.3 is 11.9 Å². The van der Waals surface area contributed by atoms with Gasteiger partial charge in [-0.15, -0.1) is 0 Å². The van der Waals surface area contributed by atoms with Gasteiger partial charge in [-0.3, -0.25) is 9.78 Å². The molecule has 0 fully saturated rings. The van der Waals surface area contributed by atoms with Gasteiger partial charge in [-0.2, -0.15) is 0 Å². The summed E-state index contributed by atoms with van der Waals surface area (Å²) in [7, 11) is 2.39. The van der Waals surface area contributed by atoms with E-state index in [0.29, 0.717) is 11.3 Å². The van der Waals surface area contributed by atoms with Crippen molar-refractivity contribution in [3.63, 3.8) is 0 Å². The minimum atomic E-state index is -0.684. The summed E-state index contributed by atoms with van der Waals surface area (Å²) in [4.78, 5) is 39.9. The number of carbonyl (C=O) groups is 3. The Bertz CT molecular complexity index is 1180. The van der Waals surface area contributed by atoms with E-state index < -0.39 is 23.7 Å². The van der Waals surface area contributed by atoms with Gasteiger partial charge in [0.25, 0.3) is 0 Å². The van der Waals surface area contributed by atoms with Gasteiger partial charge in [0.05, 0.1) is 31.5 Å². The third-order valence-corrected chi connectivity index (χ3v) is 4.29. The lowest BCUT2D eigenvalue weighted by Gasteiger charge is -2.08. The number of hydrogen-bond donors (Lipinski definition) is 1. The predicted octanol–water partition coefficient (Wildman–Crippen LogP) is 4.24. The fourth-order valence-corrected chi connectivity index (χ4v) is 2.76. The summed E-state index contributed by atoms with van der Waals surface area (Å²) in [5, 5.41) is 2.54. The molecule has 1 heterocycles. The number of rotatable bonds is 7. The van der Waals surface area contributed by atoms with Crippen molar-refractivity contribution < 1.29 is 33.0 Å². The first kappa shape index (κ1) is 23.1. The van der Waals surface area contributed by atoms with E-state index in [9.17, 15) is 18.8 Å². The van der Waals surface area contributed by atoms with Gasteiger partial charge in [0.2, 0.25) is 5.91 Å². The number of ether oxygens (including phenoxy) is 3. The van der Waals surface area contributed by atoms with Crippen LogP contribution in [-0.2, 0) is 14.3 Å². The molecule has 0 saturated heterocycles. The Hall–Kier alpha value is -4.53. The average Bonchev–Trinajstić information content (AvgIpc) is 2.83. The molecule has 168 valence electrons. The predicted molar refractivity (Wildman–Crippen MR) is 117 cm³/mol. The number of aromatic nitrogens is 1. The second-order valence-corrected chi connectivity index (χ2v) is 6.59. The van der Waals surface area contributed by atoms with Crippen molar-refractivity contribution in [2.45, 2.75) is 0 Å². The quantitative estimate of drug-likeness (QED) is 0.424. The summed E-state index contributed by atoms with van der Waals surface area (Å²) in [6, 6.07) is 11.5. The molecule has 8 nitrogen and oxygen atoms in total. The molecule has 0 unspecified atom stereocenters. The topological polar surface area (TPSA) is 104 Å². The van der Waals surface area contributed by atoms with Gasteiger partial charge in [-0.1, -0.05) is 6.07 Å². The maximum absolute atomic E-state index is 14.3. The molecule has 2 aromatic carbocycles. The number of nitrogens with zero attached hydrogens (tertiary/aromatic N) is 1. The highest BCUT2D eigenvalue weighted by Crippen LogP contribution is 2.25. The van der Waals surface area contributed by atoms with Crippen molar-refractivity contribution in [3.8, 4) is 11.5 Å². The number of pyridine rings is 1. The zero-order valence-electron chi connectivity index (χ0n) is 17.7. The van der Waals surface area contributed by atoms with E-state index >= 15 is 0 Å². The van der Waals surface area contributed by atoms with E-state index in [1.165, 1.54) is 62.9 Å². The number of carbonyl (C=O) groups excluding carboxylic acids is 3. The summed E-state index contributed by atoms with van der Waals surface area (Å²) in [5.41, 5.74) is 0.719. The molecule has 0 aliphatic heterocycles. The normalized spacial score (nSPS) is 10.5. The van der Waals surface area contributed by atoms with Gasteiger partial charge < -0.3 is 19.5 Å². The fraction of sp³-hybridized carbons (Fsp3) is 0.0833. The molecular formula is C24H19FN2O6. The Morgan fingerprint density at radius 3 is 2.24 bits per heavy atom. The smallest absolute Gasteiger partial charge is 0.337 e. The fourth-order valence-electron chi connectivity index (χ4n) is 2.76. The number of methoxy groups -OCH3 is 2. The number of benzene rings is 2. The van der Waals surface area contributed by atoms with Crippen LogP contribution in [0.25, 0.3) is 6.08 Å². The Kier molecular flexibility index (Phi) is 7.48. The number of halogens is 1. The first-order chi connectivity index (χ1) is 15.9. The van der Waals surface area contributed by atoms with Crippen LogP contribution in [0, 0.1) is 5.82 Å². The van der Waals surface area contributed by atoms with Gasteiger partial charge in [0.15, 0.2) is 11.6 Å². The van der Waals surface area contributed by atoms with E-state index in [0.717, 1.165) is 0 Å². The number of amides is 1. The Labute approximate surface area is 188 Å². The molecule has 1 amide bonds. The van der Waals surface area contributed by atoms with Crippen LogP contribution in [0.3, 0.4) is 0 Å². The lowest BCUT2D eigenvalue weighted by molar-refractivity contribution is -0.111. The van der Waals surface area contributed by atoms with E-state index in [-0.39, 0.29) is 22.6 Å². The summed E-state index contributed by atoms with van der Waals surface area (Å²) in [5.74, 6) is -2.15. The van der Waals surface area contributed by atoms with E-state index in [4.69, 9.17) is 4.74 Å². The van der Waals surface area contributed by atoms with Crippen LogP contribution < -0.4 is 10.1 Å². The van der Waals surface area contributed by atoms with E-state index in [1.54, 1.807) is 24.4 Å². The Morgan fingerprint density at radius 2 is 1.67 bits per heavy atom. The maximum Gasteiger partial charge on any atom is 0.337 e. The lowest BCUT2D eigenvalue weighted by atomic mass is 10.1. The van der Waals surface area contributed by atoms with Gasteiger partial charge in [0.1, 0.15) is 5.75 Å². The summed E-state index contributed by atoms with van der Waals surface area (Å²) in [6.45, 7) is 0. The van der Waals surface area contributed by atoms with Crippen LogP contribution in [0.2, 0.25) is 0 Å². The van der Waals surface area contributed by atoms with Crippen LogP contribution in [0.15, 0.2) is 67.0 Å². The standard InChI is InChI=1S/C24H19FN2O6/c1-31-23(29)16-11-17(24(30)32-2)13-18(12-16)27-22(28)8-6-15-5-7-21(20(25)10-15)33-19-4-3-9-26-14-19/h3-14H,1-2H3,(H,27,28)/b8-6+.